The van der Waals surface area contributed by atoms with Crippen molar-refractivity contribution in [1.82, 2.24) is 4.98 Å². The highest BCUT2D eigenvalue weighted by molar-refractivity contribution is 5.66. The Bertz CT molecular complexity index is 690. The molecule has 0 bridgehead atoms. The van der Waals surface area contributed by atoms with E-state index in [1.807, 2.05) is 11.8 Å². The van der Waals surface area contributed by atoms with Gasteiger partial charge in [-0.1, -0.05) is 6.92 Å². The van der Waals surface area contributed by atoms with Crippen molar-refractivity contribution >= 4 is 5.69 Å². The Hall–Kier alpha value is -2.02. The highest BCUT2D eigenvalue weighted by Crippen LogP contribution is 2.37. The van der Waals surface area contributed by atoms with Crippen LogP contribution in [-0.2, 0) is 6.18 Å². The number of piperidine rings is 1. The number of benzene rings is 1. The van der Waals surface area contributed by atoms with Crippen molar-refractivity contribution in [1.29, 1.82) is 0 Å². The molecule has 1 saturated heterocycles. The number of aromatic nitrogens is 1. The summed E-state index contributed by atoms with van der Waals surface area (Å²) in [5.41, 5.74) is -0.614. The van der Waals surface area contributed by atoms with Crippen LogP contribution in [0.2, 0.25) is 0 Å². The van der Waals surface area contributed by atoms with Crippen molar-refractivity contribution < 1.29 is 22.7 Å². The second-order valence-corrected chi connectivity index (χ2v) is 6.20. The third-order valence-corrected chi connectivity index (χ3v) is 4.68. The van der Waals surface area contributed by atoms with Crippen molar-refractivity contribution in [2.24, 2.45) is 0 Å². The average Bonchev–Trinajstić information content (AvgIpc) is 3.09. The van der Waals surface area contributed by atoms with Gasteiger partial charge < -0.3 is 14.4 Å². The number of hydrogen-bond acceptors (Lipinski definition) is 4. The second kappa shape index (κ2) is 6.12. The summed E-state index contributed by atoms with van der Waals surface area (Å²) in [5.74, 6) is 0.296. The number of alkyl halides is 3. The van der Waals surface area contributed by atoms with Crippen molar-refractivity contribution in [3.8, 4) is 11.3 Å². The minimum atomic E-state index is -4.44. The summed E-state index contributed by atoms with van der Waals surface area (Å²) >= 11 is 0. The molecule has 0 atom stereocenters. The molecule has 0 unspecified atom stereocenters. The lowest BCUT2D eigenvalue weighted by molar-refractivity contribution is -0.137. The molecule has 3 rings (SSSR count). The lowest BCUT2D eigenvalue weighted by Gasteiger charge is -2.39. The van der Waals surface area contributed by atoms with Gasteiger partial charge in [0.05, 0.1) is 17.4 Å². The smallest absolute Gasteiger partial charge is 0.416 e. The Morgan fingerprint density at radius 1 is 1.25 bits per heavy atom. The molecule has 1 aliphatic heterocycles. The lowest BCUT2D eigenvalue weighted by atomic mass is 9.88. The van der Waals surface area contributed by atoms with E-state index in [1.54, 1.807) is 6.07 Å². The van der Waals surface area contributed by atoms with Crippen molar-refractivity contribution in [2.45, 2.75) is 38.0 Å². The Morgan fingerprint density at radius 3 is 2.50 bits per heavy atom. The van der Waals surface area contributed by atoms with E-state index >= 15 is 0 Å². The summed E-state index contributed by atoms with van der Waals surface area (Å²) in [6.45, 7) is 2.95. The highest BCUT2D eigenvalue weighted by Gasteiger charge is 2.34. The molecule has 0 aliphatic carbocycles. The first-order valence-corrected chi connectivity index (χ1v) is 7.89. The maximum Gasteiger partial charge on any atom is 0.416 e. The predicted octanol–water partition coefficient (Wildman–Crippen LogP) is 4.10. The number of anilines is 1. The molecule has 1 fully saturated rings. The van der Waals surface area contributed by atoms with Crippen LogP contribution in [0.15, 0.2) is 35.2 Å². The van der Waals surface area contributed by atoms with Gasteiger partial charge in [0.25, 0.3) is 0 Å². The molecule has 1 aromatic heterocycles. The first-order valence-electron chi connectivity index (χ1n) is 7.89. The van der Waals surface area contributed by atoms with E-state index < -0.39 is 17.3 Å². The average molecular weight is 340 g/mol. The van der Waals surface area contributed by atoms with E-state index in [0.717, 1.165) is 12.1 Å². The van der Waals surface area contributed by atoms with Crippen molar-refractivity contribution in [3.63, 3.8) is 0 Å². The first-order chi connectivity index (χ1) is 11.3. The van der Waals surface area contributed by atoms with Crippen LogP contribution in [0, 0.1) is 0 Å². The van der Waals surface area contributed by atoms with Crippen LogP contribution in [0.5, 0.6) is 0 Å². The van der Waals surface area contributed by atoms with Crippen LogP contribution in [0.3, 0.4) is 0 Å². The molecule has 0 amide bonds. The molecule has 24 heavy (non-hydrogen) atoms. The fourth-order valence-corrected chi connectivity index (χ4v) is 2.99. The molecule has 7 heteroatoms. The molecule has 0 spiro atoms. The van der Waals surface area contributed by atoms with Crippen LogP contribution in [0.1, 0.15) is 31.7 Å². The van der Waals surface area contributed by atoms with Crippen LogP contribution in [0.25, 0.3) is 11.3 Å². The van der Waals surface area contributed by atoms with Gasteiger partial charge in [-0.2, -0.15) is 13.2 Å². The zero-order valence-corrected chi connectivity index (χ0v) is 13.3. The molecule has 2 aromatic rings. The largest absolute Gasteiger partial charge is 0.444 e. The Labute approximate surface area is 137 Å². The normalized spacial score (nSPS) is 18.0. The summed E-state index contributed by atoms with van der Waals surface area (Å²) in [7, 11) is 0. The second-order valence-electron chi connectivity index (χ2n) is 6.20. The number of aliphatic hydroxyl groups is 1. The molecule has 1 aromatic carbocycles. The zero-order valence-electron chi connectivity index (χ0n) is 13.3. The monoisotopic (exact) mass is 340 g/mol. The van der Waals surface area contributed by atoms with E-state index in [2.05, 4.69) is 4.98 Å². The van der Waals surface area contributed by atoms with Crippen molar-refractivity contribution in [2.75, 3.05) is 18.0 Å². The van der Waals surface area contributed by atoms with E-state index in [0.29, 0.717) is 49.4 Å². The summed E-state index contributed by atoms with van der Waals surface area (Å²) in [5, 5.41) is 10.3. The third-order valence-electron chi connectivity index (χ3n) is 4.68. The van der Waals surface area contributed by atoms with Crippen molar-refractivity contribution in [3.05, 3.63) is 36.4 Å². The number of hydrogen-bond donors (Lipinski definition) is 1. The van der Waals surface area contributed by atoms with Crippen LogP contribution >= 0.6 is 0 Å². The molecular formula is C17H19F3N2O2. The van der Waals surface area contributed by atoms with E-state index in [1.165, 1.54) is 12.6 Å². The standard InChI is InChI=1S/C17H19F3N2O2/c1-2-16(23)3-5-22(6-4-16)14-8-12(15-10-21-11-24-15)7-13(9-14)17(18,19)20/h7-11,23H,2-6H2,1H3. The van der Waals surface area contributed by atoms with Crippen LogP contribution < -0.4 is 4.90 Å². The van der Waals surface area contributed by atoms with Gasteiger partial charge in [-0.25, -0.2) is 4.98 Å². The molecule has 1 aliphatic rings. The number of oxazole rings is 1. The van der Waals surface area contributed by atoms with Gasteiger partial charge in [0.2, 0.25) is 0 Å². The van der Waals surface area contributed by atoms with E-state index in [9.17, 15) is 18.3 Å². The molecule has 1 N–H and O–H groups in total. The van der Waals surface area contributed by atoms with Gasteiger partial charge >= 0.3 is 6.18 Å². The van der Waals surface area contributed by atoms with Crippen LogP contribution in [-0.4, -0.2) is 28.8 Å². The summed E-state index contributed by atoms with van der Waals surface area (Å²) in [4.78, 5) is 5.64. The highest BCUT2D eigenvalue weighted by atomic mass is 19.4. The maximum absolute atomic E-state index is 13.2. The molecule has 0 saturated carbocycles. The molecule has 0 radical (unpaired) electrons. The van der Waals surface area contributed by atoms with Gasteiger partial charge in [0.15, 0.2) is 12.2 Å². The van der Waals surface area contributed by atoms with Crippen LogP contribution in [0.4, 0.5) is 18.9 Å². The fourth-order valence-electron chi connectivity index (χ4n) is 2.99. The number of nitrogens with zero attached hydrogens (tertiary/aromatic N) is 2. The molecule has 2 heterocycles. The predicted molar refractivity (Wildman–Crippen MR) is 83.6 cm³/mol. The quantitative estimate of drug-likeness (QED) is 0.914. The van der Waals surface area contributed by atoms with E-state index in [4.69, 9.17) is 4.42 Å². The Balaban J connectivity index is 1.94. The summed E-state index contributed by atoms with van der Waals surface area (Å²) in [6.07, 6.45) is -0.130. The molecular weight excluding hydrogens is 321 g/mol. The number of rotatable bonds is 3. The SMILES string of the molecule is CCC1(O)CCN(c2cc(-c3cnco3)cc(C(F)(F)F)c2)CC1. The van der Waals surface area contributed by atoms with Gasteiger partial charge in [-0.15, -0.1) is 0 Å². The summed E-state index contributed by atoms with van der Waals surface area (Å²) in [6, 6.07) is 3.89. The Morgan fingerprint density at radius 2 is 1.96 bits per heavy atom. The van der Waals surface area contributed by atoms with Gasteiger partial charge in [-0.3, -0.25) is 0 Å². The summed E-state index contributed by atoms with van der Waals surface area (Å²) < 4.78 is 44.8. The van der Waals surface area contributed by atoms with Gasteiger partial charge in [0.1, 0.15) is 0 Å². The lowest BCUT2D eigenvalue weighted by Crippen LogP contribution is -2.44. The maximum atomic E-state index is 13.2. The van der Waals surface area contributed by atoms with E-state index in [-0.39, 0.29) is 0 Å². The topological polar surface area (TPSA) is 49.5 Å². The molecule has 4 nitrogen and oxygen atoms in total. The molecule has 130 valence electrons. The van der Waals surface area contributed by atoms with Gasteiger partial charge in [0, 0.05) is 24.3 Å². The zero-order chi connectivity index (χ0) is 17.4. The Kier molecular flexibility index (Phi) is 4.29. The van der Waals surface area contributed by atoms with Gasteiger partial charge in [-0.05, 0) is 37.5 Å². The minimum Gasteiger partial charge on any atom is -0.444 e. The first kappa shape index (κ1) is 16.8. The minimum absolute atomic E-state index is 0.296. The fraction of sp³-hybridized carbons (Fsp3) is 0.471. The number of halogens is 3. The third kappa shape index (κ3) is 3.40.